The standard InChI is InChI=1S/C22H24F3N3O3/c1-20(13-28(14-20)19(29)30)21(31,15-4-6-16(7-5-15)22(23,24)25)17-10-18(12-26-11-17)27-8-2-3-9-27/h4-7,10-12,31H,2-3,8-9,13-14H2,1H3,(H,29,30)/t21-/m0/s1. The molecule has 0 radical (unpaired) electrons. The second kappa shape index (κ2) is 7.40. The van der Waals surface area contributed by atoms with Crippen LogP contribution in [0.2, 0.25) is 0 Å². The van der Waals surface area contributed by atoms with Crippen LogP contribution in [0.4, 0.5) is 23.7 Å². The Labute approximate surface area is 177 Å². The van der Waals surface area contributed by atoms with Crippen molar-refractivity contribution in [3.8, 4) is 0 Å². The minimum Gasteiger partial charge on any atom is -0.465 e. The summed E-state index contributed by atoms with van der Waals surface area (Å²) in [7, 11) is 0. The molecule has 0 bridgehead atoms. The second-order valence-electron chi connectivity index (χ2n) is 8.61. The van der Waals surface area contributed by atoms with Crippen LogP contribution < -0.4 is 4.90 Å². The van der Waals surface area contributed by atoms with Crippen LogP contribution in [0, 0.1) is 5.41 Å². The van der Waals surface area contributed by atoms with Crippen molar-refractivity contribution in [2.75, 3.05) is 31.1 Å². The Morgan fingerprint density at radius 2 is 1.61 bits per heavy atom. The monoisotopic (exact) mass is 435 g/mol. The van der Waals surface area contributed by atoms with E-state index in [0.717, 1.165) is 43.8 Å². The lowest BCUT2D eigenvalue weighted by molar-refractivity contribution is -0.138. The van der Waals surface area contributed by atoms with Crippen LogP contribution in [0.5, 0.6) is 0 Å². The molecule has 1 amide bonds. The molecule has 2 aliphatic rings. The molecule has 2 saturated heterocycles. The maximum absolute atomic E-state index is 13.1. The van der Waals surface area contributed by atoms with Gasteiger partial charge in [-0.3, -0.25) is 4.98 Å². The first-order valence-corrected chi connectivity index (χ1v) is 10.1. The van der Waals surface area contributed by atoms with Crippen LogP contribution in [0.25, 0.3) is 0 Å². The summed E-state index contributed by atoms with van der Waals surface area (Å²) < 4.78 is 39.2. The minimum absolute atomic E-state index is 0.0494. The van der Waals surface area contributed by atoms with Crippen molar-refractivity contribution in [1.82, 2.24) is 9.88 Å². The second-order valence-corrected chi connectivity index (χ2v) is 8.61. The first kappa shape index (κ1) is 21.4. The van der Waals surface area contributed by atoms with Gasteiger partial charge >= 0.3 is 12.3 Å². The van der Waals surface area contributed by atoms with Crippen LogP contribution in [-0.2, 0) is 11.8 Å². The number of nitrogens with zero attached hydrogens (tertiary/aromatic N) is 3. The van der Waals surface area contributed by atoms with E-state index in [0.29, 0.717) is 5.56 Å². The van der Waals surface area contributed by atoms with Gasteiger partial charge in [0.2, 0.25) is 0 Å². The number of benzene rings is 1. The number of rotatable bonds is 4. The van der Waals surface area contributed by atoms with Gasteiger partial charge in [0.05, 0.1) is 17.4 Å². The quantitative estimate of drug-likeness (QED) is 0.761. The van der Waals surface area contributed by atoms with E-state index in [1.807, 2.05) is 6.07 Å². The molecule has 1 aromatic carbocycles. The van der Waals surface area contributed by atoms with Gasteiger partial charge in [-0.05, 0) is 36.6 Å². The summed E-state index contributed by atoms with van der Waals surface area (Å²) in [4.78, 5) is 19.0. The van der Waals surface area contributed by atoms with Crippen molar-refractivity contribution >= 4 is 11.8 Å². The van der Waals surface area contributed by atoms with Crippen molar-refractivity contribution < 1.29 is 28.2 Å². The van der Waals surface area contributed by atoms with Gasteiger partial charge in [0.1, 0.15) is 5.60 Å². The fraction of sp³-hybridized carbons (Fsp3) is 0.455. The maximum atomic E-state index is 13.1. The largest absolute Gasteiger partial charge is 0.465 e. The molecule has 1 atom stereocenters. The molecule has 0 unspecified atom stereocenters. The molecule has 0 spiro atoms. The van der Waals surface area contributed by atoms with Gasteiger partial charge < -0.3 is 20.0 Å². The molecule has 2 aromatic rings. The number of alkyl halides is 3. The van der Waals surface area contributed by atoms with Crippen molar-refractivity contribution in [3.05, 3.63) is 59.4 Å². The number of carboxylic acid groups (broad SMARTS) is 1. The summed E-state index contributed by atoms with van der Waals surface area (Å²) in [5, 5.41) is 21.3. The molecule has 31 heavy (non-hydrogen) atoms. The number of halogens is 3. The average molecular weight is 435 g/mol. The molecule has 4 rings (SSSR count). The number of amides is 1. The van der Waals surface area contributed by atoms with Crippen LogP contribution in [0.15, 0.2) is 42.7 Å². The minimum atomic E-state index is -4.49. The SMILES string of the molecule is CC1([C@](O)(c2ccc(C(F)(F)F)cc2)c2cncc(N3CCCC3)c2)CN(C(=O)O)C1. The first-order chi connectivity index (χ1) is 14.5. The molecule has 166 valence electrons. The van der Waals surface area contributed by atoms with E-state index in [1.165, 1.54) is 23.2 Å². The zero-order chi connectivity index (χ0) is 22.4. The molecule has 9 heteroatoms. The number of anilines is 1. The lowest BCUT2D eigenvalue weighted by Gasteiger charge is -2.55. The Bertz CT molecular complexity index is 968. The highest BCUT2D eigenvalue weighted by molar-refractivity contribution is 5.67. The average Bonchev–Trinajstić information content (AvgIpc) is 3.25. The molecule has 6 nitrogen and oxygen atoms in total. The van der Waals surface area contributed by atoms with Crippen molar-refractivity contribution in [2.24, 2.45) is 5.41 Å². The van der Waals surface area contributed by atoms with Gasteiger partial charge in [-0.1, -0.05) is 19.1 Å². The Kier molecular flexibility index (Phi) is 5.12. The van der Waals surface area contributed by atoms with E-state index in [-0.39, 0.29) is 18.7 Å². The molecule has 0 aliphatic carbocycles. The van der Waals surface area contributed by atoms with Crippen LogP contribution in [0.3, 0.4) is 0 Å². The van der Waals surface area contributed by atoms with Gasteiger partial charge in [0, 0.05) is 43.4 Å². The van der Waals surface area contributed by atoms with E-state index < -0.39 is 28.8 Å². The number of hydrogen-bond donors (Lipinski definition) is 2. The number of aliphatic hydroxyl groups is 1. The number of hydrogen-bond acceptors (Lipinski definition) is 4. The van der Waals surface area contributed by atoms with Gasteiger partial charge in [-0.2, -0.15) is 13.2 Å². The van der Waals surface area contributed by atoms with Crippen LogP contribution >= 0.6 is 0 Å². The summed E-state index contributed by atoms with van der Waals surface area (Å²) >= 11 is 0. The number of likely N-dealkylation sites (tertiary alicyclic amines) is 1. The predicted molar refractivity (Wildman–Crippen MR) is 108 cm³/mol. The van der Waals surface area contributed by atoms with E-state index in [9.17, 15) is 28.2 Å². The third kappa shape index (κ3) is 3.60. The zero-order valence-corrected chi connectivity index (χ0v) is 17.1. The molecular formula is C22H24F3N3O3. The molecule has 3 heterocycles. The summed E-state index contributed by atoms with van der Waals surface area (Å²) in [6, 6.07) is 6.22. The normalized spacial score (nSPS) is 20.3. The molecule has 0 saturated carbocycles. The van der Waals surface area contributed by atoms with E-state index >= 15 is 0 Å². The summed E-state index contributed by atoms with van der Waals surface area (Å²) in [5.41, 5.74) is -1.92. The first-order valence-electron chi connectivity index (χ1n) is 10.1. The highest BCUT2D eigenvalue weighted by Crippen LogP contribution is 2.51. The van der Waals surface area contributed by atoms with Crippen molar-refractivity contribution in [2.45, 2.75) is 31.5 Å². The van der Waals surface area contributed by atoms with Crippen LogP contribution in [-0.4, -0.2) is 52.4 Å². The van der Waals surface area contributed by atoms with Gasteiger partial charge in [-0.15, -0.1) is 0 Å². The summed E-state index contributed by atoms with van der Waals surface area (Å²) in [6.07, 6.45) is -0.275. The van der Waals surface area contributed by atoms with E-state index in [1.54, 1.807) is 13.1 Å². The topological polar surface area (TPSA) is 76.9 Å². The van der Waals surface area contributed by atoms with E-state index in [2.05, 4.69) is 9.88 Å². The lowest BCUT2D eigenvalue weighted by atomic mass is 9.62. The molecular weight excluding hydrogens is 411 g/mol. The Hall–Kier alpha value is -2.81. The van der Waals surface area contributed by atoms with Crippen molar-refractivity contribution in [1.29, 1.82) is 0 Å². The number of pyridine rings is 1. The third-order valence-corrected chi connectivity index (χ3v) is 6.47. The highest BCUT2D eigenvalue weighted by Gasteiger charge is 2.57. The maximum Gasteiger partial charge on any atom is 0.416 e. The van der Waals surface area contributed by atoms with Crippen molar-refractivity contribution in [3.63, 3.8) is 0 Å². The van der Waals surface area contributed by atoms with Gasteiger partial charge in [0.25, 0.3) is 0 Å². The Morgan fingerprint density at radius 1 is 1.03 bits per heavy atom. The Balaban J connectivity index is 1.79. The molecule has 1 aromatic heterocycles. The fourth-order valence-corrected chi connectivity index (χ4v) is 4.70. The van der Waals surface area contributed by atoms with E-state index in [4.69, 9.17) is 0 Å². The molecule has 2 aliphatic heterocycles. The smallest absolute Gasteiger partial charge is 0.416 e. The summed E-state index contributed by atoms with van der Waals surface area (Å²) in [6.45, 7) is 3.58. The van der Waals surface area contributed by atoms with Crippen LogP contribution in [0.1, 0.15) is 36.5 Å². The summed E-state index contributed by atoms with van der Waals surface area (Å²) in [5.74, 6) is 0. The van der Waals surface area contributed by atoms with Gasteiger partial charge in [0.15, 0.2) is 0 Å². The Morgan fingerprint density at radius 3 is 2.16 bits per heavy atom. The highest BCUT2D eigenvalue weighted by atomic mass is 19.4. The molecule has 2 N–H and O–H groups in total. The number of aromatic nitrogens is 1. The third-order valence-electron chi connectivity index (χ3n) is 6.47. The number of carbonyl (C=O) groups is 1. The lowest BCUT2D eigenvalue weighted by Crippen LogP contribution is -2.66. The fourth-order valence-electron chi connectivity index (χ4n) is 4.70. The predicted octanol–water partition coefficient (Wildman–Crippen LogP) is 3.94. The molecule has 2 fully saturated rings. The zero-order valence-electron chi connectivity index (χ0n) is 17.1. The van der Waals surface area contributed by atoms with Gasteiger partial charge in [-0.25, -0.2) is 4.79 Å².